The Bertz CT molecular complexity index is 196. The molecule has 0 aromatic rings. The first kappa shape index (κ1) is 10.4. The van der Waals surface area contributed by atoms with Gasteiger partial charge in [0, 0.05) is 6.04 Å². The fourth-order valence-corrected chi connectivity index (χ4v) is 3.66. The molecule has 1 saturated heterocycles. The van der Waals surface area contributed by atoms with E-state index in [9.17, 15) is 5.11 Å². The minimum absolute atomic E-state index is 0.284. The number of aliphatic hydroxyl groups is 1. The number of rotatable bonds is 1. The van der Waals surface area contributed by atoms with E-state index in [1.54, 1.807) is 0 Å². The molecule has 0 bridgehead atoms. The predicted octanol–water partition coefficient (Wildman–Crippen LogP) is 1.93. The summed E-state index contributed by atoms with van der Waals surface area (Å²) < 4.78 is 0. The Labute approximate surface area is 87.1 Å². The molecule has 14 heavy (non-hydrogen) atoms. The summed E-state index contributed by atoms with van der Waals surface area (Å²) in [6, 6.07) is 0.284. The van der Waals surface area contributed by atoms with Crippen LogP contribution in [0.3, 0.4) is 0 Å². The van der Waals surface area contributed by atoms with E-state index in [1.165, 1.54) is 19.3 Å². The van der Waals surface area contributed by atoms with Crippen molar-refractivity contribution in [3.05, 3.63) is 0 Å². The number of piperidine rings is 1. The average molecular weight is 197 g/mol. The van der Waals surface area contributed by atoms with Crippen molar-refractivity contribution in [2.45, 2.75) is 57.6 Å². The highest BCUT2D eigenvalue weighted by molar-refractivity contribution is 5.04. The van der Waals surface area contributed by atoms with Gasteiger partial charge in [0.05, 0.1) is 5.60 Å². The molecule has 2 heteroatoms. The van der Waals surface area contributed by atoms with Crippen molar-refractivity contribution in [2.24, 2.45) is 11.8 Å². The van der Waals surface area contributed by atoms with E-state index in [0.717, 1.165) is 19.4 Å². The molecule has 0 radical (unpaired) electrons. The Morgan fingerprint density at radius 3 is 2.86 bits per heavy atom. The molecule has 0 amide bonds. The van der Waals surface area contributed by atoms with E-state index < -0.39 is 5.60 Å². The van der Waals surface area contributed by atoms with E-state index in [0.29, 0.717) is 11.8 Å². The van der Waals surface area contributed by atoms with Crippen molar-refractivity contribution < 1.29 is 5.11 Å². The summed E-state index contributed by atoms with van der Waals surface area (Å²) in [6.45, 7) is 5.46. The molecule has 0 aromatic carbocycles. The van der Waals surface area contributed by atoms with Crippen LogP contribution < -0.4 is 5.32 Å². The topological polar surface area (TPSA) is 32.3 Å². The first-order valence-corrected chi connectivity index (χ1v) is 6.15. The van der Waals surface area contributed by atoms with E-state index in [1.807, 2.05) is 0 Å². The van der Waals surface area contributed by atoms with Gasteiger partial charge in [0.25, 0.3) is 0 Å². The van der Waals surface area contributed by atoms with E-state index in [4.69, 9.17) is 0 Å². The van der Waals surface area contributed by atoms with Crippen LogP contribution in [-0.2, 0) is 0 Å². The second kappa shape index (κ2) is 3.82. The molecule has 2 rings (SSSR count). The van der Waals surface area contributed by atoms with Crippen LogP contribution in [0, 0.1) is 11.8 Å². The molecule has 2 N–H and O–H groups in total. The van der Waals surface area contributed by atoms with Crippen LogP contribution in [-0.4, -0.2) is 23.3 Å². The molecule has 2 fully saturated rings. The van der Waals surface area contributed by atoms with Crippen LogP contribution in [0.2, 0.25) is 0 Å². The normalized spacial score (nSPS) is 48.6. The molecular formula is C12H23NO. The summed E-state index contributed by atoms with van der Waals surface area (Å²) in [5, 5.41) is 14.3. The first-order chi connectivity index (χ1) is 6.69. The van der Waals surface area contributed by atoms with Crippen LogP contribution in [0.5, 0.6) is 0 Å². The lowest BCUT2D eigenvalue weighted by Gasteiger charge is -2.52. The second-order valence-corrected chi connectivity index (χ2v) is 5.08. The van der Waals surface area contributed by atoms with Gasteiger partial charge in [-0.05, 0) is 44.6 Å². The molecule has 2 nitrogen and oxygen atoms in total. The molecule has 1 aliphatic heterocycles. The van der Waals surface area contributed by atoms with E-state index in [2.05, 4.69) is 19.2 Å². The van der Waals surface area contributed by atoms with Gasteiger partial charge >= 0.3 is 0 Å². The molecule has 0 spiro atoms. The summed E-state index contributed by atoms with van der Waals surface area (Å²) in [5.41, 5.74) is -0.411. The molecular weight excluding hydrogens is 174 g/mol. The lowest BCUT2D eigenvalue weighted by Crippen LogP contribution is -2.63. The fourth-order valence-electron chi connectivity index (χ4n) is 3.66. The third-order valence-corrected chi connectivity index (χ3v) is 4.54. The molecule has 1 saturated carbocycles. The van der Waals surface area contributed by atoms with Gasteiger partial charge in [0.15, 0.2) is 0 Å². The highest BCUT2D eigenvalue weighted by atomic mass is 16.3. The van der Waals surface area contributed by atoms with Crippen LogP contribution in [0.25, 0.3) is 0 Å². The summed E-state index contributed by atoms with van der Waals surface area (Å²) in [7, 11) is 0. The zero-order valence-electron chi connectivity index (χ0n) is 9.42. The monoisotopic (exact) mass is 197 g/mol. The Morgan fingerprint density at radius 1 is 1.36 bits per heavy atom. The zero-order chi connectivity index (χ0) is 10.2. The van der Waals surface area contributed by atoms with Gasteiger partial charge < -0.3 is 10.4 Å². The largest absolute Gasteiger partial charge is 0.388 e. The molecule has 82 valence electrons. The Morgan fingerprint density at radius 2 is 2.14 bits per heavy atom. The SMILES string of the molecule is CC[C@@H]1CCC[C@@H]2CCN[C@@H](C)[C@]21O. The molecule has 0 aromatic heterocycles. The summed E-state index contributed by atoms with van der Waals surface area (Å²) in [6.07, 6.45) is 6.06. The lowest BCUT2D eigenvalue weighted by atomic mass is 9.62. The highest BCUT2D eigenvalue weighted by Crippen LogP contribution is 2.45. The molecule has 1 heterocycles. The minimum atomic E-state index is -0.411. The summed E-state index contributed by atoms with van der Waals surface area (Å²) in [4.78, 5) is 0. The summed E-state index contributed by atoms with van der Waals surface area (Å²) >= 11 is 0. The Balaban J connectivity index is 2.22. The predicted molar refractivity (Wildman–Crippen MR) is 58.2 cm³/mol. The van der Waals surface area contributed by atoms with Crippen LogP contribution in [0.1, 0.15) is 46.0 Å². The number of hydrogen-bond donors (Lipinski definition) is 2. The van der Waals surface area contributed by atoms with Crippen molar-refractivity contribution in [1.29, 1.82) is 0 Å². The van der Waals surface area contributed by atoms with Crippen LogP contribution in [0.15, 0.2) is 0 Å². The van der Waals surface area contributed by atoms with Crippen molar-refractivity contribution in [1.82, 2.24) is 5.32 Å². The summed E-state index contributed by atoms with van der Waals surface area (Å²) in [5.74, 6) is 1.07. The zero-order valence-corrected chi connectivity index (χ0v) is 9.42. The smallest absolute Gasteiger partial charge is 0.0853 e. The van der Waals surface area contributed by atoms with Crippen LogP contribution >= 0.6 is 0 Å². The van der Waals surface area contributed by atoms with Crippen LogP contribution in [0.4, 0.5) is 0 Å². The number of hydrogen-bond acceptors (Lipinski definition) is 2. The maximum Gasteiger partial charge on any atom is 0.0853 e. The highest BCUT2D eigenvalue weighted by Gasteiger charge is 2.50. The quantitative estimate of drug-likeness (QED) is 0.673. The standard InChI is InChI=1S/C12H23NO/c1-3-10-5-4-6-11-7-8-13-9(2)12(10,11)14/h9-11,13-14H,3-8H2,1-2H3/t9-,10+,11+,12+/m0/s1. The van der Waals surface area contributed by atoms with Gasteiger partial charge in [-0.1, -0.05) is 19.8 Å². The van der Waals surface area contributed by atoms with Crippen molar-refractivity contribution in [3.63, 3.8) is 0 Å². The van der Waals surface area contributed by atoms with E-state index >= 15 is 0 Å². The van der Waals surface area contributed by atoms with Crippen molar-refractivity contribution in [3.8, 4) is 0 Å². The third kappa shape index (κ3) is 1.40. The van der Waals surface area contributed by atoms with Crippen molar-refractivity contribution >= 4 is 0 Å². The number of nitrogens with one attached hydrogen (secondary N) is 1. The number of fused-ring (bicyclic) bond motifs is 1. The third-order valence-electron chi connectivity index (χ3n) is 4.54. The maximum absolute atomic E-state index is 10.9. The Hall–Kier alpha value is -0.0800. The second-order valence-electron chi connectivity index (χ2n) is 5.08. The molecule has 1 aliphatic carbocycles. The molecule has 2 aliphatic rings. The van der Waals surface area contributed by atoms with Gasteiger partial charge in [-0.25, -0.2) is 0 Å². The van der Waals surface area contributed by atoms with Gasteiger partial charge in [0.1, 0.15) is 0 Å². The van der Waals surface area contributed by atoms with Gasteiger partial charge in [0.2, 0.25) is 0 Å². The first-order valence-electron chi connectivity index (χ1n) is 6.15. The van der Waals surface area contributed by atoms with Crippen molar-refractivity contribution in [2.75, 3.05) is 6.54 Å². The fraction of sp³-hybridized carbons (Fsp3) is 1.00. The molecule has 4 atom stereocenters. The van der Waals surface area contributed by atoms with Gasteiger partial charge in [-0.3, -0.25) is 0 Å². The molecule has 0 unspecified atom stereocenters. The lowest BCUT2D eigenvalue weighted by molar-refractivity contribution is -0.133. The van der Waals surface area contributed by atoms with E-state index in [-0.39, 0.29) is 6.04 Å². The maximum atomic E-state index is 10.9. The average Bonchev–Trinajstić information content (AvgIpc) is 2.19. The minimum Gasteiger partial charge on any atom is -0.388 e. The Kier molecular flexibility index (Phi) is 2.85. The van der Waals surface area contributed by atoms with Gasteiger partial charge in [-0.15, -0.1) is 0 Å². The van der Waals surface area contributed by atoms with Gasteiger partial charge in [-0.2, -0.15) is 0 Å².